The van der Waals surface area contributed by atoms with Crippen molar-refractivity contribution in [3.8, 4) is 0 Å². The highest BCUT2D eigenvalue weighted by Crippen LogP contribution is 2.19. The highest BCUT2D eigenvalue weighted by molar-refractivity contribution is 5.71. The summed E-state index contributed by atoms with van der Waals surface area (Å²) < 4.78 is 17.0. The van der Waals surface area contributed by atoms with Gasteiger partial charge in [0.1, 0.15) is 13.2 Å². The molecule has 0 aliphatic carbocycles. The standard InChI is InChI=1S/C71H138O6/c1-4-7-10-13-16-19-22-25-28-30-32-34-35-36-37-39-40-43-46-49-52-55-58-61-64-70(73)76-67-68(66-75-69(72)63-60-57-54-51-48-45-42-27-24-21-18-15-12-9-6-3)77-71(74)65-62-59-56-53-50-47-44-41-38-33-31-29-26-23-20-17-14-11-8-5-2/h68H,4-67H2,1-3H3. The van der Waals surface area contributed by atoms with Gasteiger partial charge in [-0.05, 0) is 19.3 Å². The third-order valence-corrected chi connectivity index (χ3v) is 16.6. The second-order valence-corrected chi connectivity index (χ2v) is 24.5. The predicted molar refractivity (Wildman–Crippen MR) is 335 cm³/mol. The molecule has 0 fully saturated rings. The molecule has 0 spiro atoms. The van der Waals surface area contributed by atoms with Crippen LogP contribution in [0.25, 0.3) is 0 Å². The largest absolute Gasteiger partial charge is 0.462 e. The first kappa shape index (κ1) is 75.4. The Balaban J connectivity index is 4.22. The van der Waals surface area contributed by atoms with Gasteiger partial charge in [0.15, 0.2) is 6.10 Å². The van der Waals surface area contributed by atoms with Gasteiger partial charge in [0.05, 0.1) is 0 Å². The van der Waals surface area contributed by atoms with E-state index in [9.17, 15) is 14.4 Å². The Bertz CT molecular complexity index is 1160. The van der Waals surface area contributed by atoms with Crippen molar-refractivity contribution in [1.29, 1.82) is 0 Å². The molecule has 0 aromatic heterocycles. The summed E-state index contributed by atoms with van der Waals surface area (Å²) in [4.78, 5) is 38.4. The molecule has 0 amide bonds. The quantitative estimate of drug-likeness (QED) is 0.0343. The maximum Gasteiger partial charge on any atom is 0.306 e. The Morgan fingerprint density at radius 3 is 0.519 bits per heavy atom. The molecule has 0 aromatic rings. The topological polar surface area (TPSA) is 78.9 Å². The Kier molecular flexibility index (Phi) is 65.5. The van der Waals surface area contributed by atoms with Crippen LogP contribution in [0.3, 0.4) is 0 Å². The van der Waals surface area contributed by atoms with Crippen LogP contribution >= 0.6 is 0 Å². The number of hydrogen-bond donors (Lipinski definition) is 0. The Hall–Kier alpha value is -1.59. The minimum Gasteiger partial charge on any atom is -0.462 e. The summed E-state index contributed by atoms with van der Waals surface area (Å²) in [5.41, 5.74) is 0. The summed E-state index contributed by atoms with van der Waals surface area (Å²) in [7, 11) is 0. The molecule has 6 heteroatoms. The minimum absolute atomic E-state index is 0.0601. The Labute approximate surface area is 482 Å². The molecule has 0 radical (unpaired) electrons. The molecule has 458 valence electrons. The van der Waals surface area contributed by atoms with Gasteiger partial charge >= 0.3 is 17.9 Å². The first-order valence-electron chi connectivity index (χ1n) is 35.5. The van der Waals surface area contributed by atoms with Crippen LogP contribution in [-0.2, 0) is 28.6 Å². The molecule has 1 unspecified atom stereocenters. The van der Waals surface area contributed by atoms with Crippen LogP contribution < -0.4 is 0 Å². The molecule has 0 aromatic carbocycles. The first-order valence-corrected chi connectivity index (χ1v) is 35.5. The van der Waals surface area contributed by atoms with Crippen LogP contribution in [0.2, 0.25) is 0 Å². The van der Waals surface area contributed by atoms with E-state index in [1.54, 1.807) is 0 Å². The van der Waals surface area contributed by atoms with E-state index in [0.29, 0.717) is 19.3 Å². The molecule has 0 bridgehead atoms. The van der Waals surface area contributed by atoms with Gasteiger partial charge in [-0.3, -0.25) is 14.4 Å². The third kappa shape index (κ3) is 65.1. The van der Waals surface area contributed by atoms with Crippen LogP contribution in [0, 0.1) is 0 Å². The van der Waals surface area contributed by atoms with Gasteiger partial charge in [0.2, 0.25) is 0 Å². The van der Waals surface area contributed by atoms with Crippen molar-refractivity contribution in [2.45, 2.75) is 425 Å². The maximum absolute atomic E-state index is 12.9. The number of hydrogen-bond acceptors (Lipinski definition) is 6. The molecular weight excluding hydrogens is 949 g/mol. The average molecular weight is 1090 g/mol. The molecular formula is C71H138O6. The number of ether oxygens (including phenoxy) is 3. The van der Waals surface area contributed by atoms with Crippen molar-refractivity contribution in [3.63, 3.8) is 0 Å². The number of carbonyl (C=O) groups is 3. The lowest BCUT2D eigenvalue weighted by molar-refractivity contribution is -0.167. The monoisotopic (exact) mass is 1090 g/mol. The first-order chi connectivity index (χ1) is 38.0. The summed E-state index contributed by atoms with van der Waals surface area (Å²) in [5.74, 6) is -0.818. The average Bonchev–Trinajstić information content (AvgIpc) is 3.43. The van der Waals surface area contributed by atoms with Gasteiger partial charge in [-0.1, -0.05) is 380 Å². The zero-order valence-electron chi connectivity index (χ0n) is 52.8. The van der Waals surface area contributed by atoms with Crippen molar-refractivity contribution >= 4 is 17.9 Å². The van der Waals surface area contributed by atoms with E-state index >= 15 is 0 Å². The fraction of sp³-hybridized carbons (Fsp3) is 0.958. The number of unbranched alkanes of at least 4 members (excludes halogenated alkanes) is 56. The lowest BCUT2D eigenvalue weighted by Gasteiger charge is -2.18. The van der Waals surface area contributed by atoms with Crippen LogP contribution in [0.1, 0.15) is 419 Å². The van der Waals surface area contributed by atoms with E-state index in [4.69, 9.17) is 14.2 Å². The molecule has 0 saturated carbocycles. The molecule has 0 heterocycles. The van der Waals surface area contributed by atoms with Crippen LogP contribution in [0.15, 0.2) is 0 Å². The van der Waals surface area contributed by atoms with E-state index < -0.39 is 6.10 Å². The van der Waals surface area contributed by atoms with Gasteiger partial charge in [-0.25, -0.2) is 0 Å². The van der Waals surface area contributed by atoms with Gasteiger partial charge in [0.25, 0.3) is 0 Å². The van der Waals surface area contributed by atoms with Crippen molar-refractivity contribution < 1.29 is 28.6 Å². The maximum atomic E-state index is 12.9. The van der Waals surface area contributed by atoms with Gasteiger partial charge < -0.3 is 14.2 Å². The molecule has 0 saturated heterocycles. The Morgan fingerprint density at radius 2 is 0.351 bits per heavy atom. The summed E-state index contributed by atoms with van der Waals surface area (Å²) in [6, 6.07) is 0. The van der Waals surface area contributed by atoms with Gasteiger partial charge in [-0.15, -0.1) is 0 Å². The van der Waals surface area contributed by atoms with E-state index in [1.807, 2.05) is 0 Å². The molecule has 6 nitrogen and oxygen atoms in total. The van der Waals surface area contributed by atoms with Gasteiger partial charge in [-0.2, -0.15) is 0 Å². The molecule has 77 heavy (non-hydrogen) atoms. The number of esters is 3. The summed E-state index contributed by atoms with van der Waals surface area (Å²) in [6.07, 6.45) is 78.4. The van der Waals surface area contributed by atoms with Crippen LogP contribution in [0.4, 0.5) is 0 Å². The Morgan fingerprint density at radius 1 is 0.208 bits per heavy atom. The van der Waals surface area contributed by atoms with Crippen LogP contribution in [-0.4, -0.2) is 37.2 Å². The van der Waals surface area contributed by atoms with E-state index in [1.165, 1.54) is 321 Å². The highest BCUT2D eigenvalue weighted by atomic mass is 16.6. The number of rotatable bonds is 67. The molecule has 0 N–H and O–H groups in total. The molecule has 0 rings (SSSR count). The minimum atomic E-state index is -0.763. The summed E-state index contributed by atoms with van der Waals surface area (Å²) in [6.45, 7) is 6.75. The normalized spacial score (nSPS) is 11.9. The number of carbonyl (C=O) groups excluding carboxylic acids is 3. The van der Waals surface area contributed by atoms with E-state index in [0.717, 1.165) is 57.8 Å². The SMILES string of the molecule is CCCCCCCCCCCCCCCCCCCCCCCCCCC(=O)OCC(COC(=O)CCCCCCCCCCCCCCCCC)OC(=O)CCCCCCCCCCCCCCCCCCCCCC. The smallest absolute Gasteiger partial charge is 0.306 e. The third-order valence-electron chi connectivity index (χ3n) is 16.6. The van der Waals surface area contributed by atoms with Crippen molar-refractivity contribution in [1.82, 2.24) is 0 Å². The fourth-order valence-electron chi connectivity index (χ4n) is 11.3. The van der Waals surface area contributed by atoms with Crippen molar-refractivity contribution in [2.75, 3.05) is 13.2 Å². The molecule has 1 atom stereocenters. The van der Waals surface area contributed by atoms with E-state index in [-0.39, 0.29) is 31.1 Å². The molecule has 0 aliphatic heterocycles. The summed E-state index contributed by atoms with van der Waals surface area (Å²) in [5, 5.41) is 0. The summed E-state index contributed by atoms with van der Waals surface area (Å²) >= 11 is 0. The van der Waals surface area contributed by atoms with Crippen LogP contribution in [0.5, 0.6) is 0 Å². The molecule has 0 aliphatic rings. The second-order valence-electron chi connectivity index (χ2n) is 24.5. The highest BCUT2D eigenvalue weighted by Gasteiger charge is 2.19. The predicted octanol–water partition coefficient (Wildman–Crippen LogP) is 24.2. The zero-order valence-corrected chi connectivity index (χ0v) is 52.8. The van der Waals surface area contributed by atoms with Crippen molar-refractivity contribution in [2.24, 2.45) is 0 Å². The fourth-order valence-corrected chi connectivity index (χ4v) is 11.3. The van der Waals surface area contributed by atoms with E-state index in [2.05, 4.69) is 20.8 Å². The lowest BCUT2D eigenvalue weighted by atomic mass is 10.0. The van der Waals surface area contributed by atoms with Crippen molar-refractivity contribution in [3.05, 3.63) is 0 Å². The lowest BCUT2D eigenvalue weighted by Crippen LogP contribution is -2.30. The second kappa shape index (κ2) is 66.9. The zero-order chi connectivity index (χ0) is 55.7. The van der Waals surface area contributed by atoms with Gasteiger partial charge in [0, 0.05) is 19.3 Å².